The van der Waals surface area contributed by atoms with Crippen molar-refractivity contribution < 1.29 is 8.42 Å². The van der Waals surface area contributed by atoms with E-state index in [1.165, 1.54) is 5.56 Å². The molecule has 160 valence electrons. The Morgan fingerprint density at radius 1 is 0.931 bits per heavy atom. The second-order valence-electron chi connectivity index (χ2n) is 7.17. The van der Waals surface area contributed by atoms with E-state index in [1.807, 2.05) is 24.3 Å². The van der Waals surface area contributed by atoms with Crippen LogP contribution in [0.3, 0.4) is 0 Å². The fourth-order valence-corrected chi connectivity index (χ4v) is 5.35. The predicted molar refractivity (Wildman–Crippen MR) is 123 cm³/mol. The van der Waals surface area contributed by atoms with E-state index in [2.05, 4.69) is 16.3 Å². The molecule has 0 aliphatic carbocycles. The number of fused-ring (bicyclic) bond motifs is 1. The number of hydrogen-bond donors (Lipinski definition) is 2. The number of nitrogens with two attached hydrogens (primary N) is 1. The maximum Gasteiger partial charge on any atom is 0.243 e. The summed E-state index contributed by atoms with van der Waals surface area (Å²) in [6.45, 7) is 4.62. The minimum atomic E-state index is -3.56. The van der Waals surface area contributed by atoms with Crippen LogP contribution in [-0.2, 0) is 23.0 Å². The highest BCUT2D eigenvalue weighted by Gasteiger charge is 2.29. The quantitative estimate of drug-likeness (QED) is 0.691. The van der Waals surface area contributed by atoms with E-state index in [4.69, 9.17) is 5.73 Å². The highest BCUT2D eigenvalue weighted by atomic mass is 35.5. The van der Waals surface area contributed by atoms with Crippen molar-refractivity contribution in [2.24, 2.45) is 0 Å². The summed E-state index contributed by atoms with van der Waals surface area (Å²) >= 11 is 0. The van der Waals surface area contributed by atoms with Gasteiger partial charge in [-0.15, -0.1) is 24.8 Å². The first kappa shape index (κ1) is 23.8. The van der Waals surface area contributed by atoms with Crippen LogP contribution in [0.25, 0.3) is 0 Å². The minimum Gasteiger partial charge on any atom is -0.397 e. The van der Waals surface area contributed by atoms with Gasteiger partial charge < -0.3 is 16.0 Å². The molecular formula is C20H28Cl2N4O2S. The molecule has 2 aromatic rings. The molecule has 0 bridgehead atoms. The molecule has 0 amide bonds. The van der Waals surface area contributed by atoms with Gasteiger partial charge in [-0.05, 0) is 48.7 Å². The van der Waals surface area contributed by atoms with Crippen LogP contribution in [-0.4, -0.2) is 45.4 Å². The fourth-order valence-electron chi connectivity index (χ4n) is 3.89. The van der Waals surface area contributed by atoms with Gasteiger partial charge in [0.1, 0.15) is 0 Å². The maximum atomic E-state index is 13.1. The summed E-state index contributed by atoms with van der Waals surface area (Å²) in [4.78, 5) is 2.50. The normalized spacial score (nSPS) is 17.4. The Bertz CT molecular complexity index is 932. The molecule has 4 rings (SSSR count). The Labute approximate surface area is 185 Å². The Hall–Kier alpha value is -1.51. The molecule has 2 aromatic carbocycles. The monoisotopic (exact) mass is 458 g/mol. The molecule has 3 N–H and O–H groups in total. The van der Waals surface area contributed by atoms with Crippen molar-refractivity contribution in [3.63, 3.8) is 0 Å². The van der Waals surface area contributed by atoms with Crippen molar-refractivity contribution in [2.75, 3.05) is 43.4 Å². The van der Waals surface area contributed by atoms with Gasteiger partial charge in [0, 0.05) is 32.7 Å². The molecular weight excluding hydrogens is 431 g/mol. The molecule has 0 radical (unpaired) electrons. The fraction of sp³-hybridized carbons (Fsp3) is 0.400. The number of nitrogens with one attached hydrogen (secondary N) is 1. The van der Waals surface area contributed by atoms with E-state index >= 15 is 0 Å². The average Bonchev–Trinajstić information content (AvgIpc) is 2.97. The molecule has 0 spiro atoms. The highest BCUT2D eigenvalue weighted by molar-refractivity contribution is 7.89. The molecule has 0 aromatic heterocycles. The second kappa shape index (κ2) is 10.00. The van der Waals surface area contributed by atoms with E-state index < -0.39 is 10.0 Å². The molecule has 29 heavy (non-hydrogen) atoms. The lowest BCUT2D eigenvalue weighted by Gasteiger charge is -2.29. The van der Waals surface area contributed by atoms with Gasteiger partial charge in [-0.3, -0.25) is 0 Å². The molecule has 9 heteroatoms. The largest absolute Gasteiger partial charge is 0.397 e. The molecule has 2 heterocycles. The zero-order valence-corrected chi connectivity index (χ0v) is 18.7. The van der Waals surface area contributed by atoms with E-state index in [1.54, 1.807) is 16.4 Å². The lowest BCUT2D eigenvalue weighted by atomic mass is 10.0. The van der Waals surface area contributed by atoms with Gasteiger partial charge in [-0.25, -0.2) is 8.42 Å². The van der Waals surface area contributed by atoms with Crippen LogP contribution in [0, 0.1) is 0 Å². The number of benzene rings is 2. The van der Waals surface area contributed by atoms with Crippen molar-refractivity contribution >= 4 is 46.2 Å². The predicted octanol–water partition coefficient (Wildman–Crippen LogP) is 2.66. The van der Waals surface area contributed by atoms with E-state index in [-0.39, 0.29) is 29.7 Å². The smallest absolute Gasteiger partial charge is 0.243 e. The first-order chi connectivity index (χ1) is 13.1. The number of hydrogen-bond acceptors (Lipinski definition) is 5. The summed E-state index contributed by atoms with van der Waals surface area (Å²) in [5, 5.41) is 3.37. The van der Waals surface area contributed by atoms with Crippen LogP contribution in [0.1, 0.15) is 17.5 Å². The highest BCUT2D eigenvalue weighted by Crippen LogP contribution is 2.30. The van der Waals surface area contributed by atoms with E-state index in [0.717, 1.165) is 50.3 Å². The number of nitrogens with zero attached hydrogens (tertiary/aromatic N) is 2. The van der Waals surface area contributed by atoms with Crippen LogP contribution < -0.4 is 16.0 Å². The summed E-state index contributed by atoms with van der Waals surface area (Å²) in [7, 11) is -3.56. The van der Waals surface area contributed by atoms with Gasteiger partial charge in [0.15, 0.2) is 0 Å². The average molecular weight is 459 g/mol. The molecule has 1 fully saturated rings. The van der Waals surface area contributed by atoms with Crippen LogP contribution in [0.4, 0.5) is 11.4 Å². The van der Waals surface area contributed by atoms with Crippen LogP contribution in [0.5, 0.6) is 0 Å². The summed E-state index contributed by atoms with van der Waals surface area (Å²) < 4.78 is 27.8. The van der Waals surface area contributed by atoms with Crippen LogP contribution >= 0.6 is 24.8 Å². The Kier molecular flexibility index (Phi) is 8.19. The van der Waals surface area contributed by atoms with Crippen LogP contribution in [0.2, 0.25) is 0 Å². The Morgan fingerprint density at radius 2 is 1.69 bits per heavy atom. The molecule has 1 saturated heterocycles. The molecule has 0 atom stereocenters. The number of sulfonamides is 1. The van der Waals surface area contributed by atoms with Crippen molar-refractivity contribution in [2.45, 2.75) is 24.3 Å². The summed E-state index contributed by atoms with van der Waals surface area (Å²) in [5.74, 6) is 0. The maximum absolute atomic E-state index is 13.1. The molecule has 2 aliphatic heterocycles. The van der Waals surface area contributed by atoms with Crippen molar-refractivity contribution in [1.82, 2.24) is 9.62 Å². The first-order valence-electron chi connectivity index (χ1n) is 9.48. The van der Waals surface area contributed by atoms with Gasteiger partial charge in [0.05, 0.1) is 16.3 Å². The standard InChI is InChI=1S/C20H26N4O2S.2ClH/c21-19-14-18(6-7-20(19)23-11-3-9-22-10-13-23)27(25,26)24-12-8-16-4-1-2-5-17(16)15-24;;/h1-2,4-7,14,22H,3,8-13,15,21H2;2*1H. The first-order valence-corrected chi connectivity index (χ1v) is 10.9. The van der Waals surface area contributed by atoms with Crippen molar-refractivity contribution in [1.29, 1.82) is 0 Å². The van der Waals surface area contributed by atoms with Crippen molar-refractivity contribution in [3.8, 4) is 0 Å². The SMILES string of the molecule is Cl.Cl.Nc1cc(S(=O)(=O)N2CCc3ccccc3C2)ccc1N1CCCNCC1. The Morgan fingerprint density at radius 3 is 2.45 bits per heavy atom. The number of nitrogen functional groups attached to an aromatic ring is 1. The van der Waals surface area contributed by atoms with Gasteiger partial charge in [0.2, 0.25) is 10.0 Å². The summed E-state index contributed by atoms with van der Waals surface area (Å²) in [6, 6.07) is 13.2. The third-order valence-corrected chi connectivity index (χ3v) is 7.25. The van der Waals surface area contributed by atoms with Gasteiger partial charge in [-0.2, -0.15) is 4.31 Å². The molecule has 0 unspecified atom stereocenters. The van der Waals surface area contributed by atoms with Gasteiger partial charge >= 0.3 is 0 Å². The summed E-state index contributed by atoms with van der Waals surface area (Å²) in [5.41, 5.74) is 10.0. The zero-order chi connectivity index (χ0) is 18.9. The zero-order valence-electron chi connectivity index (χ0n) is 16.2. The third kappa shape index (κ3) is 4.98. The number of anilines is 2. The van der Waals surface area contributed by atoms with E-state index in [9.17, 15) is 8.42 Å². The Balaban J connectivity index is 0.00000150. The third-order valence-electron chi connectivity index (χ3n) is 5.41. The van der Waals surface area contributed by atoms with Crippen LogP contribution in [0.15, 0.2) is 47.4 Å². The lowest BCUT2D eigenvalue weighted by Crippen LogP contribution is -2.36. The number of halogens is 2. The minimum absolute atomic E-state index is 0. The van der Waals surface area contributed by atoms with Crippen molar-refractivity contribution in [3.05, 3.63) is 53.6 Å². The van der Waals surface area contributed by atoms with Gasteiger partial charge in [0.25, 0.3) is 0 Å². The molecule has 2 aliphatic rings. The number of rotatable bonds is 3. The summed E-state index contributed by atoms with van der Waals surface area (Å²) in [6.07, 6.45) is 1.79. The molecule has 0 saturated carbocycles. The van der Waals surface area contributed by atoms with E-state index in [0.29, 0.717) is 18.8 Å². The molecule has 6 nitrogen and oxygen atoms in total. The van der Waals surface area contributed by atoms with Gasteiger partial charge in [-0.1, -0.05) is 24.3 Å². The lowest BCUT2D eigenvalue weighted by molar-refractivity contribution is 0.391. The topological polar surface area (TPSA) is 78.7 Å². The second-order valence-corrected chi connectivity index (χ2v) is 9.11.